The molecule has 0 radical (unpaired) electrons. The molecule has 0 aliphatic heterocycles. The van der Waals surface area contributed by atoms with Crippen LogP contribution in [0.1, 0.15) is 17.0 Å². The van der Waals surface area contributed by atoms with Crippen molar-refractivity contribution in [3.63, 3.8) is 0 Å². The van der Waals surface area contributed by atoms with Crippen molar-refractivity contribution >= 4 is 17.6 Å². The molecule has 0 unspecified atom stereocenters. The normalized spacial score (nSPS) is 10.4. The number of aryl methyl sites for hydroxylation is 3. The molecule has 2 rings (SSSR count). The van der Waals surface area contributed by atoms with Crippen molar-refractivity contribution in [2.75, 3.05) is 24.3 Å². The van der Waals surface area contributed by atoms with Crippen molar-refractivity contribution < 1.29 is 0 Å². The Labute approximate surface area is 113 Å². The van der Waals surface area contributed by atoms with Gasteiger partial charge in [-0.05, 0) is 44.0 Å². The van der Waals surface area contributed by atoms with E-state index in [-0.39, 0.29) is 0 Å². The lowest BCUT2D eigenvalue weighted by molar-refractivity contribution is 0.923. The second-order valence-electron chi connectivity index (χ2n) is 4.82. The molecule has 1 N–H and O–H groups in total. The van der Waals surface area contributed by atoms with Gasteiger partial charge in [0.25, 0.3) is 0 Å². The number of aromatic nitrogens is 3. The molecular weight excluding hydrogens is 238 g/mol. The predicted molar refractivity (Wildman–Crippen MR) is 78.1 cm³/mol. The van der Waals surface area contributed by atoms with E-state index in [0.29, 0.717) is 17.7 Å². The van der Waals surface area contributed by atoms with Crippen LogP contribution in [0.15, 0.2) is 18.2 Å². The number of hydrogen-bond acceptors (Lipinski definition) is 5. The first-order chi connectivity index (χ1) is 8.95. The maximum atomic E-state index is 4.37. The van der Waals surface area contributed by atoms with Crippen LogP contribution >= 0.6 is 0 Å². The lowest BCUT2D eigenvalue weighted by atomic mass is 10.1. The fourth-order valence-electron chi connectivity index (χ4n) is 1.67. The summed E-state index contributed by atoms with van der Waals surface area (Å²) < 4.78 is 0. The molecule has 100 valence electrons. The SMILES string of the molecule is Cc1nc(Nc2ccc(C)c(C)c2)nc(N(C)C)n1. The fourth-order valence-corrected chi connectivity index (χ4v) is 1.67. The zero-order chi connectivity index (χ0) is 14.0. The van der Waals surface area contributed by atoms with Gasteiger partial charge in [0.05, 0.1) is 0 Å². The summed E-state index contributed by atoms with van der Waals surface area (Å²) in [6.07, 6.45) is 0. The number of benzene rings is 1. The molecule has 0 atom stereocenters. The van der Waals surface area contributed by atoms with Crippen molar-refractivity contribution in [3.8, 4) is 0 Å². The Bertz CT molecular complexity index is 592. The van der Waals surface area contributed by atoms with E-state index >= 15 is 0 Å². The minimum absolute atomic E-state index is 0.569. The molecule has 0 saturated heterocycles. The van der Waals surface area contributed by atoms with Gasteiger partial charge < -0.3 is 10.2 Å². The number of nitrogens with zero attached hydrogens (tertiary/aromatic N) is 4. The van der Waals surface area contributed by atoms with Gasteiger partial charge in [0.2, 0.25) is 11.9 Å². The molecule has 0 aliphatic carbocycles. The summed E-state index contributed by atoms with van der Waals surface area (Å²) >= 11 is 0. The van der Waals surface area contributed by atoms with Gasteiger partial charge in [-0.1, -0.05) is 6.07 Å². The van der Waals surface area contributed by atoms with Crippen LogP contribution in [0.5, 0.6) is 0 Å². The summed E-state index contributed by atoms with van der Waals surface area (Å²) in [6.45, 7) is 6.04. The van der Waals surface area contributed by atoms with Crippen LogP contribution in [0, 0.1) is 20.8 Å². The van der Waals surface area contributed by atoms with Crippen LogP contribution in [-0.2, 0) is 0 Å². The highest BCUT2D eigenvalue weighted by Crippen LogP contribution is 2.18. The molecule has 5 heteroatoms. The van der Waals surface area contributed by atoms with Crippen LogP contribution in [0.3, 0.4) is 0 Å². The molecule has 1 aromatic heterocycles. The number of rotatable bonds is 3. The minimum Gasteiger partial charge on any atom is -0.347 e. The second kappa shape index (κ2) is 5.22. The Hall–Kier alpha value is -2.17. The predicted octanol–water partition coefficient (Wildman–Crippen LogP) is 2.61. The standard InChI is InChI=1S/C14H19N5/c1-9-6-7-12(8-10(9)2)17-13-15-11(3)16-14(18-13)19(4)5/h6-8H,1-5H3,(H,15,16,17,18). The Morgan fingerprint density at radius 1 is 0.947 bits per heavy atom. The van der Waals surface area contributed by atoms with Gasteiger partial charge in [-0.15, -0.1) is 0 Å². The first kappa shape index (κ1) is 13.3. The quantitative estimate of drug-likeness (QED) is 0.916. The van der Waals surface area contributed by atoms with Crippen LogP contribution in [0.2, 0.25) is 0 Å². The lowest BCUT2D eigenvalue weighted by Gasteiger charge is -2.13. The number of hydrogen-bond donors (Lipinski definition) is 1. The first-order valence-corrected chi connectivity index (χ1v) is 6.20. The van der Waals surface area contributed by atoms with Gasteiger partial charge in [0, 0.05) is 19.8 Å². The molecule has 0 fully saturated rings. The van der Waals surface area contributed by atoms with Crippen molar-refractivity contribution in [1.29, 1.82) is 0 Å². The van der Waals surface area contributed by atoms with E-state index in [4.69, 9.17) is 0 Å². The smallest absolute Gasteiger partial charge is 0.232 e. The van der Waals surface area contributed by atoms with Crippen molar-refractivity contribution in [2.24, 2.45) is 0 Å². The summed E-state index contributed by atoms with van der Waals surface area (Å²) in [5, 5.41) is 3.22. The maximum Gasteiger partial charge on any atom is 0.232 e. The summed E-state index contributed by atoms with van der Waals surface area (Å²) in [4.78, 5) is 14.8. The minimum atomic E-state index is 0.569. The summed E-state index contributed by atoms with van der Waals surface area (Å²) in [7, 11) is 3.82. The Morgan fingerprint density at radius 3 is 2.32 bits per heavy atom. The lowest BCUT2D eigenvalue weighted by Crippen LogP contribution is -2.15. The molecule has 1 heterocycles. The third-order valence-electron chi connectivity index (χ3n) is 2.90. The molecule has 0 saturated carbocycles. The van der Waals surface area contributed by atoms with Gasteiger partial charge in [0.1, 0.15) is 5.82 Å². The fraction of sp³-hybridized carbons (Fsp3) is 0.357. The monoisotopic (exact) mass is 257 g/mol. The Balaban J connectivity index is 2.29. The Kier molecular flexibility index (Phi) is 3.64. The van der Waals surface area contributed by atoms with E-state index in [2.05, 4.69) is 46.2 Å². The van der Waals surface area contributed by atoms with E-state index in [1.165, 1.54) is 11.1 Å². The van der Waals surface area contributed by atoms with Crippen LogP contribution in [0.25, 0.3) is 0 Å². The highest BCUT2D eigenvalue weighted by Gasteiger charge is 2.06. The molecule has 0 spiro atoms. The van der Waals surface area contributed by atoms with Gasteiger partial charge >= 0.3 is 0 Å². The Morgan fingerprint density at radius 2 is 1.68 bits per heavy atom. The van der Waals surface area contributed by atoms with Gasteiger partial charge in [-0.2, -0.15) is 15.0 Å². The third kappa shape index (κ3) is 3.19. The molecular formula is C14H19N5. The summed E-state index contributed by atoms with van der Waals surface area (Å²) in [5.74, 6) is 1.92. The maximum absolute atomic E-state index is 4.37. The number of anilines is 3. The first-order valence-electron chi connectivity index (χ1n) is 6.20. The van der Waals surface area contributed by atoms with Gasteiger partial charge in [0.15, 0.2) is 0 Å². The molecule has 5 nitrogen and oxygen atoms in total. The largest absolute Gasteiger partial charge is 0.347 e. The molecule has 0 amide bonds. The van der Waals surface area contributed by atoms with Crippen molar-refractivity contribution in [2.45, 2.75) is 20.8 Å². The van der Waals surface area contributed by atoms with Gasteiger partial charge in [-0.25, -0.2) is 0 Å². The van der Waals surface area contributed by atoms with E-state index in [1.807, 2.05) is 32.0 Å². The van der Waals surface area contributed by atoms with Crippen molar-refractivity contribution in [1.82, 2.24) is 15.0 Å². The molecule has 0 aliphatic rings. The van der Waals surface area contributed by atoms with E-state index in [0.717, 1.165) is 5.69 Å². The highest BCUT2D eigenvalue weighted by atomic mass is 15.3. The highest BCUT2D eigenvalue weighted by molar-refractivity contribution is 5.56. The zero-order valence-corrected chi connectivity index (χ0v) is 12.0. The van der Waals surface area contributed by atoms with E-state index in [9.17, 15) is 0 Å². The second-order valence-corrected chi connectivity index (χ2v) is 4.82. The molecule has 0 bridgehead atoms. The zero-order valence-electron chi connectivity index (χ0n) is 12.0. The molecule has 19 heavy (non-hydrogen) atoms. The average Bonchev–Trinajstić information content (AvgIpc) is 2.33. The van der Waals surface area contributed by atoms with E-state index in [1.54, 1.807) is 0 Å². The van der Waals surface area contributed by atoms with Crippen LogP contribution < -0.4 is 10.2 Å². The third-order valence-corrected chi connectivity index (χ3v) is 2.90. The van der Waals surface area contributed by atoms with E-state index < -0.39 is 0 Å². The van der Waals surface area contributed by atoms with Crippen molar-refractivity contribution in [3.05, 3.63) is 35.2 Å². The summed E-state index contributed by atoms with van der Waals surface area (Å²) in [5.41, 5.74) is 3.49. The molecule has 1 aromatic carbocycles. The van der Waals surface area contributed by atoms with Gasteiger partial charge in [-0.3, -0.25) is 0 Å². The summed E-state index contributed by atoms with van der Waals surface area (Å²) in [6, 6.07) is 6.19. The topological polar surface area (TPSA) is 53.9 Å². The average molecular weight is 257 g/mol. The molecule has 2 aromatic rings. The van der Waals surface area contributed by atoms with Crippen LogP contribution in [-0.4, -0.2) is 29.0 Å². The number of nitrogens with one attached hydrogen (secondary N) is 1. The van der Waals surface area contributed by atoms with Crippen LogP contribution in [0.4, 0.5) is 17.6 Å².